The van der Waals surface area contributed by atoms with Crippen LogP contribution in [0.5, 0.6) is 0 Å². The molecule has 2 N–H and O–H groups in total. The fraction of sp³-hybridized carbons (Fsp3) is 0.385. The first kappa shape index (κ1) is 14.1. The van der Waals surface area contributed by atoms with Crippen molar-refractivity contribution in [3.8, 4) is 0 Å². The van der Waals surface area contributed by atoms with Gasteiger partial charge in [0.05, 0.1) is 22.1 Å². The van der Waals surface area contributed by atoms with E-state index in [0.717, 1.165) is 23.8 Å². The fourth-order valence-corrected chi connectivity index (χ4v) is 2.54. The number of carbonyl (C=O) groups excluding carboxylic acids is 1. The van der Waals surface area contributed by atoms with Gasteiger partial charge in [0.15, 0.2) is 0 Å². The minimum absolute atomic E-state index is 0.00584. The largest absolute Gasteiger partial charge is 0.393 e. The zero-order valence-corrected chi connectivity index (χ0v) is 12.1. The maximum atomic E-state index is 11.8. The van der Waals surface area contributed by atoms with E-state index in [1.807, 2.05) is 24.3 Å². The number of nitrogens with zero attached hydrogens (tertiary/aromatic N) is 2. The fourth-order valence-electron chi connectivity index (χ4n) is 2.17. The van der Waals surface area contributed by atoms with Gasteiger partial charge in [0.1, 0.15) is 0 Å². The van der Waals surface area contributed by atoms with Gasteiger partial charge in [0, 0.05) is 26.2 Å². The topological polar surface area (TPSA) is 49.6 Å². The van der Waals surface area contributed by atoms with Gasteiger partial charge in [-0.2, -0.15) is 0 Å². The normalized spacial score (nSPS) is 15.4. The Morgan fingerprint density at radius 3 is 2.47 bits per heavy atom. The summed E-state index contributed by atoms with van der Waals surface area (Å²) in [7, 11) is 0. The molecule has 102 valence electrons. The predicted octanol–water partition coefficient (Wildman–Crippen LogP) is 1.66. The molecule has 0 spiro atoms. The highest BCUT2D eigenvalue weighted by molar-refractivity contribution is 7.80. The number of anilines is 1. The molecular weight excluding hydrogens is 282 g/mol. The Labute approximate surface area is 123 Å². The third-order valence-corrected chi connectivity index (χ3v) is 3.61. The van der Waals surface area contributed by atoms with Gasteiger partial charge in [-0.1, -0.05) is 36.0 Å². The SMILES string of the molecule is NC(=S)CC(=O)N1CCN(c2ccccc2Cl)CC1. The minimum atomic E-state index is 0.00584. The van der Waals surface area contributed by atoms with Crippen molar-refractivity contribution >= 4 is 40.4 Å². The number of para-hydroxylation sites is 1. The number of piperazine rings is 1. The highest BCUT2D eigenvalue weighted by atomic mass is 35.5. The molecule has 1 fully saturated rings. The highest BCUT2D eigenvalue weighted by Gasteiger charge is 2.22. The van der Waals surface area contributed by atoms with Crippen LogP contribution in [0.2, 0.25) is 5.02 Å². The number of halogens is 1. The molecule has 0 aliphatic carbocycles. The number of rotatable bonds is 3. The molecule has 4 nitrogen and oxygen atoms in total. The van der Waals surface area contributed by atoms with E-state index in [0.29, 0.717) is 13.1 Å². The summed E-state index contributed by atoms with van der Waals surface area (Å²) in [5.74, 6) is 0.00584. The van der Waals surface area contributed by atoms with E-state index in [1.54, 1.807) is 4.90 Å². The molecule has 0 radical (unpaired) electrons. The van der Waals surface area contributed by atoms with Crippen molar-refractivity contribution in [2.75, 3.05) is 31.1 Å². The molecule has 1 heterocycles. The molecular formula is C13H16ClN3OS. The van der Waals surface area contributed by atoms with E-state index in [1.165, 1.54) is 0 Å². The Morgan fingerprint density at radius 2 is 1.89 bits per heavy atom. The number of nitrogens with two attached hydrogens (primary N) is 1. The lowest BCUT2D eigenvalue weighted by Crippen LogP contribution is -2.49. The second-order valence-electron chi connectivity index (χ2n) is 4.46. The monoisotopic (exact) mass is 297 g/mol. The first-order valence-corrected chi connectivity index (χ1v) is 6.92. The van der Waals surface area contributed by atoms with Crippen LogP contribution in [0.15, 0.2) is 24.3 Å². The zero-order chi connectivity index (χ0) is 13.8. The number of hydrogen-bond donors (Lipinski definition) is 1. The van der Waals surface area contributed by atoms with Gasteiger partial charge in [-0.05, 0) is 12.1 Å². The quantitative estimate of drug-likeness (QED) is 0.862. The first-order valence-electron chi connectivity index (χ1n) is 6.13. The van der Waals surface area contributed by atoms with Crippen LogP contribution in [-0.4, -0.2) is 42.0 Å². The lowest BCUT2D eigenvalue weighted by molar-refractivity contribution is -0.130. The molecule has 1 aliphatic rings. The smallest absolute Gasteiger partial charge is 0.229 e. The molecule has 1 amide bonds. The Kier molecular flexibility index (Phi) is 4.61. The molecule has 0 saturated carbocycles. The summed E-state index contributed by atoms with van der Waals surface area (Å²) in [6.45, 7) is 2.89. The Morgan fingerprint density at radius 1 is 1.26 bits per heavy atom. The summed E-state index contributed by atoms with van der Waals surface area (Å²) < 4.78 is 0. The number of carbonyl (C=O) groups is 1. The number of thiocarbonyl (C=S) groups is 1. The van der Waals surface area contributed by atoms with Crippen molar-refractivity contribution in [1.82, 2.24) is 4.90 Å². The van der Waals surface area contributed by atoms with Gasteiger partial charge in [-0.25, -0.2) is 0 Å². The first-order chi connectivity index (χ1) is 9.08. The van der Waals surface area contributed by atoms with Crippen molar-refractivity contribution in [3.63, 3.8) is 0 Å². The van der Waals surface area contributed by atoms with Crippen LogP contribution in [0, 0.1) is 0 Å². The van der Waals surface area contributed by atoms with Crippen LogP contribution < -0.4 is 10.6 Å². The molecule has 2 rings (SSSR count). The summed E-state index contributed by atoms with van der Waals surface area (Å²) in [5, 5.41) is 0.741. The van der Waals surface area contributed by atoms with E-state index in [4.69, 9.17) is 29.6 Å². The van der Waals surface area contributed by atoms with E-state index in [2.05, 4.69) is 4.90 Å². The third kappa shape index (κ3) is 3.58. The van der Waals surface area contributed by atoms with Gasteiger partial charge in [-0.15, -0.1) is 0 Å². The molecule has 1 aliphatic heterocycles. The summed E-state index contributed by atoms with van der Waals surface area (Å²) in [6, 6.07) is 7.75. The van der Waals surface area contributed by atoms with Gasteiger partial charge in [0.2, 0.25) is 5.91 Å². The molecule has 6 heteroatoms. The van der Waals surface area contributed by atoms with E-state index < -0.39 is 0 Å². The maximum absolute atomic E-state index is 11.8. The number of amides is 1. The standard InChI is InChI=1S/C13H16ClN3OS/c14-10-3-1-2-4-11(10)16-5-7-17(8-6-16)13(18)9-12(15)19/h1-4H,5-9H2,(H2,15,19). The Balaban J connectivity index is 1.94. The molecule has 1 saturated heterocycles. The van der Waals surface area contributed by atoms with E-state index in [-0.39, 0.29) is 17.3 Å². The average molecular weight is 298 g/mol. The van der Waals surface area contributed by atoms with Crippen LogP contribution in [0.25, 0.3) is 0 Å². The van der Waals surface area contributed by atoms with Crippen molar-refractivity contribution in [2.24, 2.45) is 5.73 Å². The van der Waals surface area contributed by atoms with Crippen LogP contribution >= 0.6 is 23.8 Å². The molecule has 1 aromatic rings. The third-order valence-electron chi connectivity index (χ3n) is 3.15. The second kappa shape index (κ2) is 6.21. The van der Waals surface area contributed by atoms with Gasteiger partial charge in [-0.3, -0.25) is 4.79 Å². The summed E-state index contributed by atoms with van der Waals surface area (Å²) >= 11 is 10.9. The van der Waals surface area contributed by atoms with Crippen molar-refractivity contribution in [2.45, 2.75) is 6.42 Å². The Bertz CT molecular complexity index is 487. The molecule has 0 bridgehead atoms. The lowest BCUT2D eigenvalue weighted by Gasteiger charge is -2.36. The summed E-state index contributed by atoms with van der Waals surface area (Å²) in [4.78, 5) is 16.1. The van der Waals surface area contributed by atoms with Crippen LogP contribution in [0.3, 0.4) is 0 Å². The van der Waals surface area contributed by atoms with Gasteiger partial charge < -0.3 is 15.5 Å². The van der Waals surface area contributed by atoms with Crippen LogP contribution in [0.4, 0.5) is 5.69 Å². The lowest BCUT2D eigenvalue weighted by atomic mass is 10.2. The maximum Gasteiger partial charge on any atom is 0.229 e. The predicted molar refractivity (Wildman–Crippen MR) is 81.6 cm³/mol. The van der Waals surface area contributed by atoms with E-state index in [9.17, 15) is 4.79 Å². The zero-order valence-electron chi connectivity index (χ0n) is 10.5. The van der Waals surface area contributed by atoms with E-state index >= 15 is 0 Å². The van der Waals surface area contributed by atoms with Crippen molar-refractivity contribution < 1.29 is 4.79 Å². The molecule has 1 aromatic carbocycles. The number of benzene rings is 1. The van der Waals surface area contributed by atoms with Crippen LogP contribution in [0.1, 0.15) is 6.42 Å². The minimum Gasteiger partial charge on any atom is -0.393 e. The average Bonchev–Trinajstić information content (AvgIpc) is 2.39. The molecule has 0 unspecified atom stereocenters. The van der Waals surface area contributed by atoms with Gasteiger partial charge >= 0.3 is 0 Å². The summed E-state index contributed by atoms with van der Waals surface area (Å²) in [5.41, 5.74) is 6.41. The molecule has 0 aromatic heterocycles. The molecule has 0 atom stereocenters. The summed E-state index contributed by atoms with van der Waals surface area (Å²) in [6.07, 6.45) is 0.154. The number of hydrogen-bond acceptors (Lipinski definition) is 3. The highest BCUT2D eigenvalue weighted by Crippen LogP contribution is 2.26. The second-order valence-corrected chi connectivity index (χ2v) is 5.39. The molecule has 19 heavy (non-hydrogen) atoms. The van der Waals surface area contributed by atoms with Crippen molar-refractivity contribution in [1.29, 1.82) is 0 Å². The van der Waals surface area contributed by atoms with Crippen LogP contribution in [-0.2, 0) is 4.79 Å². The van der Waals surface area contributed by atoms with Gasteiger partial charge in [0.25, 0.3) is 0 Å². The Hall–Kier alpha value is -1.33. The van der Waals surface area contributed by atoms with Crippen molar-refractivity contribution in [3.05, 3.63) is 29.3 Å².